The molecule has 0 bridgehead atoms. The number of ether oxygens (including phenoxy) is 1. The molecule has 5 nitrogen and oxygen atoms in total. The van der Waals surface area contributed by atoms with E-state index in [0.717, 1.165) is 6.42 Å². The van der Waals surface area contributed by atoms with Gasteiger partial charge < -0.3 is 15.4 Å². The fourth-order valence-electron chi connectivity index (χ4n) is 0.702. The molecule has 0 spiro atoms. The quantitative estimate of drug-likeness (QED) is 0.405. The van der Waals surface area contributed by atoms with Crippen LogP contribution in [-0.4, -0.2) is 36.6 Å². The summed E-state index contributed by atoms with van der Waals surface area (Å²) in [6.07, 6.45) is 0.401. The van der Waals surface area contributed by atoms with Crippen LogP contribution in [-0.2, 0) is 9.53 Å². The van der Waals surface area contributed by atoms with Crippen molar-refractivity contribution in [3.63, 3.8) is 0 Å². The van der Waals surface area contributed by atoms with Gasteiger partial charge in [0, 0.05) is 13.1 Å². The normalized spacial score (nSPS) is 15.5. The van der Waals surface area contributed by atoms with Gasteiger partial charge in [-0.05, 0) is 6.42 Å². The minimum atomic E-state index is -0.679. The van der Waals surface area contributed by atoms with Gasteiger partial charge in [-0.3, -0.25) is 4.79 Å². The van der Waals surface area contributed by atoms with Crippen molar-refractivity contribution in [3.8, 4) is 0 Å². The number of amides is 1. The van der Waals surface area contributed by atoms with Gasteiger partial charge in [0.2, 0.25) is 0 Å². The molecule has 0 aliphatic carbocycles. The lowest BCUT2D eigenvalue weighted by Crippen LogP contribution is -2.43. The molecule has 1 saturated heterocycles. The van der Waals surface area contributed by atoms with Crippen molar-refractivity contribution in [1.82, 2.24) is 4.90 Å². The van der Waals surface area contributed by atoms with Crippen molar-refractivity contribution in [1.29, 1.82) is 0 Å². The Kier molecular flexibility index (Phi) is 2.43. The van der Waals surface area contributed by atoms with Crippen LogP contribution < -0.4 is 5.73 Å². The number of rotatable bonds is 1. The van der Waals surface area contributed by atoms with Gasteiger partial charge >= 0.3 is 12.1 Å². The van der Waals surface area contributed by atoms with Crippen LogP contribution in [0.15, 0.2) is 0 Å². The van der Waals surface area contributed by atoms with Crippen LogP contribution in [0, 0.1) is 0 Å². The third-order valence-electron chi connectivity index (χ3n) is 1.48. The highest BCUT2D eigenvalue weighted by atomic mass is 16.6. The number of carbonyl (C=O) groups excluding carboxylic acids is 2. The lowest BCUT2D eigenvalue weighted by atomic mass is 10.2. The molecule has 1 fully saturated rings. The van der Waals surface area contributed by atoms with Crippen LogP contribution in [0.2, 0.25) is 0 Å². The summed E-state index contributed by atoms with van der Waals surface area (Å²) in [4.78, 5) is 22.7. The molecule has 62 valence electrons. The fourth-order valence-corrected chi connectivity index (χ4v) is 0.702. The number of nitrogens with two attached hydrogens (primary N) is 1. The predicted molar refractivity (Wildman–Crippen MR) is 36.7 cm³/mol. The summed E-state index contributed by atoms with van der Waals surface area (Å²) in [5.74, 6) is -0.679. The zero-order valence-corrected chi connectivity index (χ0v) is 6.08. The Morgan fingerprint density at radius 3 is 2.45 bits per heavy atom. The smallest absolute Gasteiger partial charge is 0.375 e. The van der Waals surface area contributed by atoms with E-state index in [0.29, 0.717) is 13.1 Å². The first kappa shape index (κ1) is 8.00. The van der Waals surface area contributed by atoms with Gasteiger partial charge in [-0.15, -0.1) is 0 Å². The summed E-state index contributed by atoms with van der Waals surface area (Å²) in [5, 5.41) is 0. The highest BCUT2D eigenvalue weighted by molar-refractivity contribution is 5.85. The van der Waals surface area contributed by atoms with Gasteiger partial charge in [-0.2, -0.15) is 0 Å². The molecular formula is C6H10N2O3. The second-order valence-electron chi connectivity index (χ2n) is 2.28. The van der Waals surface area contributed by atoms with Gasteiger partial charge in [0.05, 0.1) is 6.54 Å². The number of hydrogen-bond donors (Lipinski definition) is 1. The van der Waals surface area contributed by atoms with E-state index in [1.165, 1.54) is 4.90 Å². The average Bonchev–Trinajstić information content (AvgIpc) is 1.83. The predicted octanol–water partition coefficient (Wildman–Crippen LogP) is -0.686. The molecule has 1 aliphatic rings. The largest absolute Gasteiger partial charge is 0.417 e. The summed E-state index contributed by atoms with van der Waals surface area (Å²) in [6, 6.07) is 0. The highest BCUT2D eigenvalue weighted by Gasteiger charge is 2.23. The lowest BCUT2D eigenvalue weighted by Gasteiger charge is -2.28. The molecule has 11 heavy (non-hydrogen) atoms. The first-order valence-corrected chi connectivity index (χ1v) is 3.43. The molecule has 0 saturated carbocycles. The molecule has 1 aliphatic heterocycles. The van der Waals surface area contributed by atoms with E-state index in [1.54, 1.807) is 0 Å². The standard InChI is InChI=1S/C6H10N2O3/c7-4-5(9)11-6(10)8-2-1-3-8/h1-4,7H2. The number of nitrogens with zero attached hydrogens (tertiary/aromatic N) is 1. The lowest BCUT2D eigenvalue weighted by molar-refractivity contribution is -0.137. The molecule has 0 aromatic rings. The third kappa shape index (κ3) is 1.91. The Labute approximate surface area is 64.1 Å². The number of likely N-dealkylation sites (tertiary alicyclic amines) is 1. The summed E-state index contributed by atoms with van der Waals surface area (Å²) in [5.41, 5.74) is 4.93. The van der Waals surface area contributed by atoms with Crippen LogP contribution in [0.4, 0.5) is 4.79 Å². The van der Waals surface area contributed by atoms with Crippen molar-refractivity contribution in [2.24, 2.45) is 5.73 Å². The maximum atomic E-state index is 10.8. The van der Waals surface area contributed by atoms with Crippen LogP contribution in [0.1, 0.15) is 6.42 Å². The maximum absolute atomic E-state index is 10.8. The summed E-state index contributed by atoms with van der Waals surface area (Å²) in [6.45, 7) is 1.10. The first-order valence-electron chi connectivity index (χ1n) is 3.43. The van der Waals surface area contributed by atoms with Gasteiger partial charge in [-0.1, -0.05) is 0 Å². The molecule has 2 N–H and O–H groups in total. The third-order valence-corrected chi connectivity index (χ3v) is 1.48. The fraction of sp³-hybridized carbons (Fsp3) is 0.667. The SMILES string of the molecule is NCC(=O)OC(=O)N1CCC1. The minimum absolute atomic E-state index is 0.250. The Bertz CT molecular complexity index is 177. The average molecular weight is 158 g/mol. The van der Waals surface area contributed by atoms with Crippen molar-refractivity contribution >= 4 is 12.1 Å². The van der Waals surface area contributed by atoms with E-state index < -0.39 is 12.1 Å². The van der Waals surface area contributed by atoms with E-state index in [1.807, 2.05) is 0 Å². The Hall–Kier alpha value is -1.10. The van der Waals surface area contributed by atoms with E-state index >= 15 is 0 Å². The van der Waals surface area contributed by atoms with Crippen LogP contribution >= 0.6 is 0 Å². The highest BCUT2D eigenvalue weighted by Crippen LogP contribution is 2.06. The van der Waals surface area contributed by atoms with E-state index in [2.05, 4.69) is 4.74 Å². The van der Waals surface area contributed by atoms with E-state index in [-0.39, 0.29) is 6.54 Å². The van der Waals surface area contributed by atoms with Crippen molar-refractivity contribution in [2.45, 2.75) is 6.42 Å². The van der Waals surface area contributed by atoms with Crippen LogP contribution in [0.3, 0.4) is 0 Å². The molecule has 0 radical (unpaired) electrons. The van der Waals surface area contributed by atoms with Crippen molar-refractivity contribution < 1.29 is 14.3 Å². The van der Waals surface area contributed by atoms with E-state index in [4.69, 9.17) is 5.73 Å². The Morgan fingerprint density at radius 2 is 2.09 bits per heavy atom. The van der Waals surface area contributed by atoms with Gasteiger partial charge in [0.25, 0.3) is 0 Å². The molecule has 0 unspecified atom stereocenters. The molecule has 1 heterocycles. The number of esters is 1. The zero-order valence-electron chi connectivity index (χ0n) is 6.08. The monoisotopic (exact) mass is 158 g/mol. The summed E-state index contributed by atoms with van der Waals surface area (Å²) < 4.78 is 4.33. The first-order chi connectivity index (χ1) is 5.24. The molecule has 0 aromatic carbocycles. The number of carbonyl (C=O) groups is 2. The molecule has 1 rings (SSSR count). The molecule has 0 aromatic heterocycles. The topological polar surface area (TPSA) is 72.6 Å². The van der Waals surface area contributed by atoms with Crippen LogP contribution in [0.5, 0.6) is 0 Å². The van der Waals surface area contributed by atoms with Crippen LogP contribution in [0.25, 0.3) is 0 Å². The molecule has 5 heteroatoms. The maximum Gasteiger partial charge on any atom is 0.417 e. The summed E-state index contributed by atoms with van der Waals surface area (Å²) in [7, 11) is 0. The Balaban J connectivity index is 2.25. The van der Waals surface area contributed by atoms with Crippen molar-refractivity contribution in [2.75, 3.05) is 19.6 Å². The molecular weight excluding hydrogens is 148 g/mol. The Morgan fingerprint density at radius 1 is 1.45 bits per heavy atom. The zero-order chi connectivity index (χ0) is 8.27. The second-order valence-corrected chi connectivity index (χ2v) is 2.28. The van der Waals surface area contributed by atoms with Gasteiger partial charge in [0.15, 0.2) is 0 Å². The van der Waals surface area contributed by atoms with E-state index in [9.17, 15) is 9.59 Å². The minimum Gasteiger partial charge on any atom is -0.375 e. The summed E-state index contributed by atoms with van der Waals surface area (Å²) >= 11 is 0. The second kappa shape index (κ2) is 3.34. The van der Waals surface area contributed by atoms with Gasteiger partial charge in [0.1, 0.15) is 0 Å². The number of hydrogen-bond acceptors (Lipinski definition) is 4. The van der Waals surface area contributed by atoms with Crippen molar-refractivity contribution in [3.05, 3.63) is 0 Å². The molecule has 1 amide bonds. The van der Waals surface area contributed by atoms with Gasteiger partial charge in [-0.25, -0.2) is 4.79 Å². The molecule has 0 atom stereocenters.